The van der Waals surface area contributed by atoms with Crippen molar-refractivity contribution < 1.29 is 17.9 Å². The van der Waals surface area contributed by atoms with Crippen molar-refractivity contribution >= 4 is 0 Å². The molecule has 27 heavy (non-hydrogen) atoms. The number of halogens is 3. The maximum absolute atomic E-state index is 12.9. The van der Waals surface area contributed by atoms with Crippen molar-refractivity contribution in [2.24, 2.45) is 0 Å². The van der Waals surface area contributed by atoms with E-state index in [0.29, 0.717) is 19.1 Å². The first-order valence-electron chi connectivity index (χ1n) is 9.02. The number of para-hydroxylation sites is 1. The van der Waals surface area contributed by atoms with Gasteiger partial charge in [-0.25, -0.2) is 4.98 Å². The van der Waals surface area contributed by atoms with Crippen molar-refractivity contribution in [2.75, 3.05) is 6.61 Å². The number of ether oxygens (including phenoxy) is 1. The van der Waals surface area contributed by atoms with Crippen LogP contribution in [0.5, 0.6) is 5.75 Å². The van der Waals surface area contributed by atoms with Crippen LogP contribution in [0.1, 0.15) is 30.0 Å². The fourth-order valence-corrected chi connectivity index (χ4v) is 3.72. The lowest BCUT2D eigenvalue weighted by Crippen LogP contribution is -2.09. The quantitative estimate of drug-likeness (QED) is 0.595. The average molecular weight is 370 g/mol. The summed E-state index contributed by atoms with van der Waals surface area (Å²) in [6.07, 6.45) is -2.16. The van der Waals surface area contributed by atoms with Crippen LogP contribution < -0.4 is 4.74 Å². The molecule has 0 unspecified atom stereocenters. The molecule has 1 aromatic heterocycles. The number of hydrogen-bond donors (Lipinski definition) is 0. The van der Waals surface area contributed by atoms with Crippen molar-refractivity contribution in [3.8, 4) is 28.4 Å². The predicted molar refractivity (Wildman–Crippen MR) is 95.6 cm³/mol. The molecule has 0 N–H and O–H groups in total. The molecule has 2 heterocycles. The van der Waals surface area contributed by atoms with Gasteiger partial charge in [-0.2, -0.15) is 13.2 Å². The van der Waals surface area contributed by atoms with Gasteiger partial charge in [0.05, 0.1) is 23.4 Å². The highest BCUT2D eigenvalue weighted by atomic mass is 19.4. The van der Waals surface area contributed by atoms with Crippen LogP contribution in [0.2, 0.25) is 0 Å². The van der Waals surface area contributed by atoms with Crippen LogP contribution in [0, 0.1) is 0 Å². The van der Waals surface area contributed by atoms with Gasteiger partial charge >= 0.3 is 6.18 Å². The maximum Gasteiger partial charge on any atom is 0.416 e. The van der Waals surface area contributed by atoms with E-state index in [0.717, 1.165) is 59.1 Å². The summed E-state index contributed by atoms with van der Waals surface area (Å²) in [4.78, 5) is 4.88. The Morgan fingerprint density at radius 2 is 1.74 bits per heavy atom. The van der Waals surface area contributed by atoms with Gasteiger partial charge in [0.25, 0.3) is 0 Å². The minimum atomic E-state index is -4.33. The Morgan fingerprint density at radius 3 is 2.44 bits per heavy atom. The predicted octanol–water partition coefficient (Wildman–Crippen LogP) is 5.51. The van der Waals surface area contributed by atoms with E-state index in [1.807, 2.05) is 24.3 Å². The van der Waals surface area contributed by atoms with E-state index in [2.05, 4.69) is 4.57 Å². The fraction of sp³-hybridized carbons (Fsp3) is 0.286. The highest BCUT2D eigenvalue weighted by molar-refractivity contribution is 5.73. The van der Waals surface area contributed by atoms with Crippen LogP contribution in [-0.4, -0.2) is 16.2 Å². The lowest BCUT2D eigenvalue weighted by molar-refractivity contribution is -0.137. The number of fused-ring (bicyclic) bond motifs is 3. The second kappa shape index (κ2) is 5.87. The van der Waals surface area contributed by atoms with Gasteiger partial charge < -0.3 is 9.30 Å². The molecule has 0 saturated heterocycles. The Balaban J connectivity index is 1.67. The maximum atomic E-state index is 12.9. The first-order chi connectivity index (χ1) is 13.0. The molecule has 138 valence electrons. The largest absolute Gasteiger partial charge is 0.491 e. The van der Waals surface area contributed by atoms with Crippen LogP contribution in [0.3, 0.4) is 0 Å². The Kier molecular flexibility index (Phi) is 3.57. The van der Waals surface area contributed by atoms with Gasteiger partial charge in [-0.3, -0.25) is 0 Å². The van der Waals surface area contributed by atoms with Gasteiger partial charge in [0.15, 0.2) is 0 Å². The summed E-state index contributed by atoms with van der Waals surface area (Å²) in [5.74, 6) is 2.04. The Bertz CT molecular complexity index is 1000. The van der Waals surface area contributed by atoms with Gasteiger partial charge in [-0.15, -0.1) is 0 Å². The van der Waals surface area contributed by atoms with E-state index in [1.54, 1.807) is 0 Å². The van der Waals surface area contributed by atoms with Crippen LogP contribution in [-0.2, 0) is 12.7 Å². The Hall–Kier alpha value is -2.76. The standard InChI is InChI=1S/C21H17F3N2O/c22-21(23,24)15-9-7-13(8-10-15)18-19(14-5-6-14)26-11-12-27-17-4-2-1-3-16(17)20(26)25-18/h1-4,7-10,14H,5-6,11-12H2. The zero-order chi connectivity index (χ0) is 18.6. The zero-order valence-corrected chi connectivity index (χ0v) is 14.5. The lowest BCUT2D eigenvalue weighted by atomic mass is 10.1. The van der Waals surface area contributed by atoms with E-state index in [-0.39, 0.29) is 0 Å². The first kappa shape index (κ1) is 16.4. The van der Waals surface area contributed by atoms with Crippen LogP contribution in [0.25, 0.3) is 22.6 Å². The molecule has 2 aliphatic rings. The summed E-state index contributed by atoms with van der Waals surface area (Å²) in [6, 6.07) is 13.1. The number of nitrogens with zero attached hydrogens (tertiary/aromatic N) is 2. The molecule has 6 heteroatoms. The minimum absolute atomic E-state index is 0.411. The van der Waals surface area contributed by atoms with Crippen LogP contribution >= 0.6 is 0 Å². The molecule has 2 aromatic carbocycles. The molecule has 0 bridgehead atoms. The fourth-order valence-electron chi connectivity index (χ4n) is 3.72. The van der Waals surface area contributed by atoms with Gasteiger partial charge in [-0.05, 0) is 37.1 Å². The molecule has 1 fully saturated rings. The van der Waals surface area contributed by atoms with Crippen molar-refractivity contribution in [2.45, 2.75) is 31.5 Å². The summed E-state index contributed by atoms with van der Waals surface area (Å²) in [5, 5.41) is 0. The number of imidazole rings is 1. The number of aromatic nitrogens is 2. The van der Waals surface area contributed by atoms with Gasteiger partial charge in [0.1, 0.15) is 18.2 Å². The normalized spacial score (nSPS) is 16.3. The molecule has 3 aromatic rings. The van der Waals surface area contributed by atoms with Gasteiger partial charge in [0.2, 0.25) is 0 Å². The summed E-state index contributed by atoms with van der Waals surface area (Å²) in [7, 11) is 0. The number of rotatable bonds is 2. The third-order valence-electron chi connectivity index (χ3n) is 5.16. The molecule has 5 rings (SSSR count). The lowest BCUT2D eigenvalue weighted by Gasteiger charge is -2.10. The monoisotopic (exact) mass is 370 g/mol. The summed E-state index contributed by atoms with van der Waals surface area (Å²) in [5.41, 5.74) is 2.92. The third kappa shape index (κ3) is 2.80. The Morgan fingerprint density at radius 1 is 1.00 bits per heavy atom. The van der Waals surface area contributed by atoms with Gasteiger partial charge in [-0.1, -0.05) is 24.3 Å². The van der Waals surface area contributed by atoms with Crippen molar-refractivity contribution in [1.29, 1.82) is 0 Å². The van der Waals surface area contributed by atoms with Crippen molar-refractivity contribution in [1.82, 2.24) is 9.55 Å². The molecule has 1 aliphatic heterocycles. The van der Waals surface area contributed by atoms with Crippen LogP contribution in [0.4, 0.5) is 13.2 Å². The second-order valence-electron chi connectivity index (χ2n) is 7.01. The first-order valence-corrected chi connectivity index (χ1v) is 9.02. The van der Waals surface area contributed by atoms with E-state index in [1.165, 1.54) is 12.1 Å². The zero-order valence-electron chi connectivity index (χ0n) is 14.5. The summed E-state index contributed by atoms with van der Waals surface area (Å²) >= 11 is 0. The Labute approximate surface area is 154 Å². The molecule has 1 saturated carbocycles. The summed E-state index contributed by atoms with van der Waals surface area (Å²) in [6.45, 7) is 1.23. The third-order valence-corrected chi connectivity index (χ3v) is 5.16. The van der Waals surface area contributed by atoms with E-state index in [4.69, 9.17) is 9.72 Å². The average Bonchev–Trinajstić information content (AvgIpc) is 3.45. The minimum Gasteiger partial charge on any atom is -0.491 e. The van der Waals surface area contributed by atoms with E-state index >= 15 is 0 Å². The highest BCUT2D eigenvalue weighted by Gasteiger charge is 2.35. The van der Waals surface area contributed by atoms with Gasteiger partial charge in [0, 0.05) is 17.2 Å². The van der Waals surface area contributed by atoms with E-state index in [9.17, 15) is 13.2 Å². The molecule has 1 aliphatic carbocycles. The van der Waals surface area contributed by atoms with Crippen LogP contribution in [0.15, 0.2) is 48.5 Å². The SMILES string of the molecule is FC(F)(F)c1ccc(-c2nc3n(c2C2CC2)CCOc2ccccc2-3)cc1. The second-order valence-corrected chi connectivity index (χ2v) is 7.01. The molecule has 0 atom stereocenters. The highest BCUT2D eigenvalue weighted by Crippen LogP contribution is 2.47. The van der Waals surface area contributed by atoms with Crippen molar-refractivity contribution in [3.63, 3.8) is 0 Å². The smallest absolute Gasteiger partial charge is 0.416 e. The molecule has 0 spiro atoms. The number of hydrogen-bond acceptors (Lipinski definition) is 2. The van der Waals surface area contributed by atoms with Crippen molar-refractivity contribution in [3.05, 3.63) is 59.8 Å². The number of benzene rings is 2. The van der Waals surface area contributed by atoms with E-state index < -0.39 is 11.7 Å². The topological polar surface area (TPSA) is 27.1 Å². The molecule has 3 nitrogen and oxygen atoms in total. The molecular weight excluding hydrogens is 353 g/mol. The summed E-state index contributed by atoms with van der Waals surface area (Å²) < 4.78 is 46.8. The molecule has 0 amide bonds. The molecule has 0 radical (unpaired) electrons. The molecular formula is C21H17F3N2O. The number of alkyl halides is 3.